The van der Waals surface area contributed by atoms with Crippen LogP contribution in [-0.2, 0) is 25.9 Å². The summed E-state index contributed by atoms with van der Waals surface area (Å²) in [5, 5.41) is 8.36. The van der Waals surface area contributed by atoms with Gasteiger partial charge in [0, 0.05) is 45.0 Å². The first-order chi connectivity index (χ1) is 10.8. The summed E-state index contributed by atoms with van der Waals surface area (Å²) in [7, 11) is 1.50. The Morgan fingerprint density at radius 1 is 1.33 bits per heavy atom. The van der Waals surface area contributed by atoms with E-state index in [0.717, 1.165) is 12.1 Å². The number of ether oxygens (including phenoxy) is 1. The number of rotatable bonds is 3. The van der Waals surface area contributed by atoms with Gasteiger partial charge in [0.15, 0.2) is 5.78 Å². The second-order valence-electron chi connectivity index (χ2n) is 4.52. The topological polar surface area (TPSA) is 59.4 Å². The molecule has 132 valence electrons. The number of pyridine rings is 1. The van der Waals surface area contributed by atoms with E-state index in [-0.39, 0.29) is 38.2 Å². The van der Waals surface area contributed by atoms with Crippen LogP contribution in [0.3, 0.4) is 0 Å². The third-order valence-electron chi connectivity index (χ3n) is 2.49. The molecule has 0 atom stereocenters. The van der Waals surface area contributed by atoms with Crippen LogP contribution in [-0.4, -0.2) is 23.0 Å². The van der Waals surface area contributed by atoms with Crippen LogP contribution in [0.5, 0.6) is 5.75 Å². The molecule has 0 saturated carbocycles. The van der Waals surface area contributed by atoms with Crippen LogP contribution in [0.1, 0.15) is 13.8 Å². The number of aliphatic hydroxyl groups is 1. The summed E-state index contributed by atoms with van der Waals surface area (Å²) < 4.78 is 31.1. The maximum absolute atomic E-state index is 13.4. The Hall–Kier alpha value is -2.07. The van der Waals surface area contributed by atoms with E-state index in [0.29, 0.717) is 11.4 Å². The van der Waals surface area contributed by atoms with Crippen LogP contribution in [0, 0.1) is 17.7 Å². The van der Waals surface area contributed by atoms with Gasteiger partial charge in [-0.1, -0.05) is 11.6 Å². The Balaban J connectivity index is 0.000000570. The average Bonchev–Trinajstić information content (AvgIpc) is 2.46. The maximum Gasteiger partial charge on any atom is 0.155 e. The number of aromatic nitrogens is 1. The quantitative estimate of drug-likeness (QED) is 0.383. The molecule has 2 aromatic rings. The number of nitrogens with zero attached hydrogens (tertiary/aromatic N) is 1. The molecule has 24 heavy (non-hydrogen) atoms. The van der Waals surface area contributed by atoms with Crippen LogP contribution in [0.15, 0.2) is 42.3 Å². The summed E-state index contributed by atoms with van der Waals surface area (Å²) in [5.74, 6) is -0.862. The van der Waals surface area contributed by atoms with Crippen molar-refractivity contribution >= 4 is 5.78 Å². The number of aliphatic hydroxyl groups excluding tert-OH is 1. The van der Waals surface area contributed by atoms with E-state index in [9.17, 15) is 13.6 Å². The van der Waals surface area contributed by atoms with Crippen molar-refractivity contribution in [3.63, 3.8) is 0 Å². The van der Waals surface area contributed by atoms with Crippen LogP contribution in [0.4, 0.5) is 8.78 Å². The molecule has 0 bridgehead atoms. The second-order valence-corrected chi connectivity index (χ2v) is 4.52. The summed E-state index contributed by atoms with van der Waals surface area (Å²) in [6.07, 6.45) is 2.66. The summed E-state index contributed by atoms with van der Waals surface area (Å²) in [5.41, 5.74) is 0.483. The Kier molecular flexibility index (Phi) is 9.74. The van der Waals surface area contributed by atoms with Crippen molar-refractivity contribution in [2.24, 2.45) is 0 Å². The molecule has 0 spiro atoms. The summed E-state index contributed by atoms with van der Waals surface area (Å²) in [6, 6.07) is 7.58. The summed E-state index contributed by atoms with van der Waals surface area (Å²) in [4.78, 5) is 14.0. The molecule has 1 N–H and O–H groups in total. The van der Waals surface area contributed by atoms with Gasteiger partial charge >= 0.3 is 0 Å². The summed E-state index contributed by atoms with van der Waals surface area (Å²) >= 11 is 0. The smallest absolute Gasteiger partial charge is 0.155 e. The predicted molar refractivity (Wildman–Crippen MR) is 82.0 cm³/mol. The molecule has 2 rings (SSSR count). The Morgan fingerprint density at radius 3 is 2.46 bits per heavy atom. The van der Waals surface area contributed by atoms with E-state index in [1.807, 2.05) is 0 Å². The fourth-order valence-electron chi connectivity index (χ4n) is 1.61. The minimum atomic E-state index is -0.694. The number of ketones is 1. The first kappa shape index (κ1) is 21.9. The fourth-order valence-corrected chi connectivity index (χ4v) is 1.61. The molecule has 1 heterocycles. The predicted octanol–water partition coefficient (Wildman–Crippen LogP) is 3.87. The zero-order valence-electron chi connectivity index (χ0n) is 13.2. The van der Waals surface area contributed by atoms with Crippen LogP contribution >= 0.6 is 0 Å². The van der Waals surface area contributed by atoms with Crippen molar-refractivity contribution < 1.29 is 44.5 Å². The Morgan fingerprint density at radius 2 is 2.00 bits per heavy atom. The first-order valence-corrected chi connectivity index (χ1v) is 6.58. The van der Waals surface area contributed by atoms with E-state index in [1.54, 1.807) is 12.1 Å². The SMILES string of the molecule is CC(=O)/C=C(/C)O.COc1ccnc(-c2[c-]cc(F)cc2F)c1.[Pt]. The maximum atomic E-state index is 13.4. The van der Waals surface area contributed by atoms with Gasteiger partial charge in [-0.25, -0.2) is 0 Å². The number of carbonyl (C=O) groups is 1. The number of methoxy groups -OCH3 is 1. The van der Waals surface area contributed by atoms with Gasteiger partial charge < -0.3 is 14.8 Å². The van der Waals surface area contributed by atoms with E-state index in [1.165, 1.54) is 33.2 Å². The van der Waals surface area contributed by atoms with Crippen molar-refractivity contribution in [3.05, 3.63) is 60.0 Å². The van der Waals surface area contributed by atoms with Crippen LogP contribution < -0.4 is 4.74 Å². The number of hydrogen-bond donors (Lipinski definition) is 1. The molecule has 0 radical (unpaired) electrons. The fraction of sp³-hybridized carbons (Fsp3) is 0.176. The van der Waals surface area contributed by atoms with Crippen LogP contribution in [0.25, 0.3) is 11.3 Å². The third kappa shape index (κ3) is 7.46. The van der Waals surface area contributed by atoms with Gasteiger partial charge in [-0.3, -0.25) is 13.6 Å². The van der Waals surface area contributed by atoms with Gasteiger partial charge in [0.05, 0.1) is 12.9 Å². The monoisotopic (exact) mass is 515 g/mol. The second kappa shape index (κ2) is 10.7. The molecule has 0 amide bonds. The average molecular weight is 515 g/mol. The molecule has 0 unspecified atom stereocenters. The van der Waals surface area contributed by atoms with E-state index < -0.39 is 11.6 Å². The molecule has 1 aromatic carbocycles. The van der Waals surface area contributed by atoms with Gasteiger partial charge in [-0.05, 0) is 31.7 Å². The molecule has 0 aliphatic carbocycles. The zero-order chi connectivity index (χ0) is 17.4. The number of allylic oxidation sites excluding steroid dienone is 2. The summed E-state index contributed by atoms with van der Waals surface area (Å²) in [6.45, 7) is 2.85. The number of hydrogen-bond acceptors (Lipinski definition) is 4. The Bertz CT molecular complexity index is 717. The van der Waals surface area contributed by atoms with E-state index in [4.69, 9.17) is 9.84 Å². The molecular formula is C17H16F2NO3Pt-. The van der Waals surface area contributed by atoms with Crippen molar-refractivity contribution in [3.8, 4) is 17.0 Å². The van der Waals surface area contributed by atoms with Crippen molar-refractivity contribution in [1.29, 1.82) is 0 Å². The number of benzene rings is 1. The van der Waals surface area contributed by atoms with Crippen molar-refractivity contribution in [2.75, 3.05) is 7.11 Å². The standard InChI is InChI=1S/C12H8F2NO.C5H8O2.Pt/c1-16-9-4-5-15-12(7-9)10-3-2-8(13)6-11(10)14;1-4(6)3-5(2)7;/h2,4-7H,1H3;3,6H,1-2H3;/q-1;;/b;4-3-;. The molecule has 7 heteroatoms. The normalized spacial score (nSPS) is 10.1. The molecule has 1 aromatic heterocycles. The number of halogens is 2. The van der Waals surface area contributed by atoms with Gasteiger partial charge in [0.1, 0.15) is 5.75 Å². The van der Waals surface area contributed by atoms with Gasteiger partial charge in [-0.2, -0.15) is 0 Å². The van der Waals surface area contributed by atoms with Crippen molar-refractivity contribution in [1.82, 2.24) is 4.98 Å². The van der Waals surface area contributed by atoms with Gasteiger partial charge in [0.25, 0.3) is 0 Å². The minimum Gasteiger partial charge on any atom is -0.512 e. The molecule has 0 aliphatic heterocycles. The molecule has 4 nitrogen and oxygen atoms in total. The number of carbonyl (C=O) groups excluding carboxylic acids is 1. The third-order valence-corrected chi connectivity index (χ3v) is 2.49. The van der Waals surface area contributed by atoms with Gasteiger partial charge in [-0.15, -0.1) is 12.1 Å². The molecular weight excluding hydrogens is 499 g/mol. The largest absolute Gasteiger partial charge is 0.512 e. The van der Waals surface area contributed by atoms with Crippen LogP contribution in [0.2, 0.25) is 0 Å². The molecule has 0 fully saturated rings. The molecule has 0 aliphatic rings. The Labute approximate surface area is 153 Å². The van der Waals surface area contributed by atoms with E-state index >= 15 is 0 Å². The van der Waals surface area contributed by atoms with Gasteiger partial charge in [0.2, 0.25) is 0 Å². The zero-order valence-corrected chi connectivity index (χ0v) is 15.5. The molecule has 0 saturated heterocycles. The first-order valence-electron chi connectivity index (χ1n) is 6.58. The van der Waals surface area contributed by atoms with E-state index in [2.05, 4.69) is 11.1 Å². The minimum absolute atomic E-state index is 0. The van der Waals surface area contributed by atoms with Crippen molar-refractivity contribution in [2.45, 2.75) is 13.8 Å².